The van der Waals surface area contributed by atoms with E-state index in [1.54, 1.807) is 0 Å². The van der Waals surface area contributed by atoms with Crippen LogP contribution in [-0.2, 0) is 4.79 Å². The molecule has 4 N–H and O–H groups in total. The molecule has 8 bridgehead atoms. The van der Waals surface area contributed by atoms with Crippen molar-refractivity contribution in [1.82, 2.24) is 25.3 Å². The van der Waals surface area contributed by atoms with Gasteiger partial charge in [-0.25, -0.2) is 9.97 Å². The van der Waals surface area contributed by atoms with Crippen molar-refractivity contribution in [2.45, 2.75) is 81.2 Å². The minimum absolute atomic E-state index is 0.00379. The number of carbonyl (C=O) groups is 1. The van der Waals surface area contributed by atoms with Gasteiger partial charge in [0.05, 0.1) is 28.8 Å². The van der Waals surface area contributed by atoms with Gasteiger partial charge in [-0.05, 0) is 198 Å². The van der Waals surface area contributed by atoms with Crippen LogP contribution >= 0.6 is 0 Å². The number of carbonyl (C=O) groups excluding carboxylic acids is 1. The van der Waals surface area contributed by atoms with Gasteiger partial charge in [-0.3, -0.25) is 4.79 Å². The SMILES string of the molecule is Cc1cc(C)c(-c2c3nc(c(-c4c(C)cc(C)cc4C)c4ccc([nH]4)c(-c4c(C)cc(C)cc4C)c4nc(c(-c5ccc(NC(=O)[C@@H]6CCCN6)cc5)c5ccc2[nH]5)C=C4)C=C3)c(C)c1. The summed E-state index contributed by atoms with van der Waals surface area (Å²) in [6.07, 6.45) is 10.5. The maximum absolute atomic E-state index is 13.1. The average Bonchev–Trinajstić information content (AvgIpc) is 4.11. The fourth-order valence-electron chi connectivity index (χ4n) is 10.9. The summed E-state index contributed by atoms with van der Waals surface area (Å²) in [4.78, 5) is 32.2. The van der Waals surface area contributed by atoms with E-state index in [4.69, 9.17) is 9.97 Å². The Balaban J connectivity index is 1.34. The Bertz CT molecular complexity index is 3230. The third kappa shape index (κ3) is 7.64. The Morgan fingerprint density at radius 2 is 0.831 bits per heavy atom. The number of H-pyrrole nitrogens is 2. The number of benzene rings is 4. The number of nitrogens with zero attached hydrogens (tertiary/aromatic N) is 2. The molecule has 7 heteroatoms. The quantitative estimate of drug-likeness (QED) is 0.134. The van der Waals surface area contributed by atoms with Crippen LogP contribution in [0.25, 0.3) is 90.9 Å². The topological polar surface area (TPSA) is 98.5 Å². The maximum Gasteiger partial charge on any atom is 0.241 e. The molecule has 0 aliphatic carbocycles. The third-order valence-electron chi connectivity index (χ3n) is 13.4. The predicted molar refractivity (Wildman–Crippen MR) is 273 cm³/mol. The van der Waals surface area contributed by atoms with E-state index in [0.717, 1.165) is 109 Å². The summed E-state index contributed by atoms with van der Waals surface area (Å²) in [6.45, 7) is 20.6. The first-order chi connectivity index (χ1) is 31.3. The first-order valence-electron chi connectivity index (χ1n) is 22.9. The maximum atomic E-state index is 13.1. The second kappa shape index (κ2) is 16.5. The van der Waals surface area contributed by atoms with Crippen molar-refractivity contribution >= 4 is 58.0 Å². The molecule has 65 heavy (non-hydrogen) atoms. The molecule has 1 fully saturated rings. The van der Waals surface area contributed by atoms with Gasteiger partial charge < -0.3 is 20.6 Å². The lowest BCUT2D eigenvalue weighted by atomic mass is 9.92. The highest BCUT2D eigenvalue weighted by Gasteiger charge is 2.24. The van der Waals surface area contributed by atoms with Gasteiger partial charge >= 0.3 is 0 Å². The number of rotatable bonds is 6. The van der Waals surface area contributed by atoms with Gasteiger partial charge in [-0.1, -0.05) is 65.2 Å². The number of anilines is 1. The summed E-state index contributed by atoms with van der Waals surface area (Å²) in [6, 6.07) is 30.4. The van der Waals surface area contributed by atoms with Gasteiger partial charge in [0.15, 0.2) is 0 Å². The third-order valence-corrected chi connectivity index (χ3v) is 13.4. The van der Waals surface area contributed by atoms with E-state index in [-0.39, 0.29) is 11.9 Å². The van der Waals surface area contributed by atoms with Gasteiger partial charge in [0.25, 0.3) is 0 Å². The highest BCUT2D eigenvalue weighted by atomic mass is 16.2. The number of hydrogen-bond donors (Lipinski definition) is 4. The molecular formula is C58H56N6O. The molecule has 0 unspecified atom stereocenters. The summed E-state index contributed by atoms with van der Waals surface area (Å²) < 4.78 is 0. The van der Waals surface area contributed by atoms with Crippen LogP contribution in [0.15, 0.2) is 84.9 Å². The molecule has 0 saturated carbocycles. The number of aromatic nitrogens is 4. The van der Waals surface area contributed by atoms with Crippen molar-refractivity contribution in [2.75, 3.05) is 11.9 Å². The lowest BCUT2D eigenvalue weighted by Gasteiger charge is -2.14. The van der Waals surface area contributed by atoms with Crippen LogP contribution < -0.4 is 10.6 Å². The predicted octanol–water partition coefficient (Wildman–Crippen LogP) is 13.8. The molecule has 1 saturated heterocycles. The molecule has 324 valence electrons. The van der Waals surface area contributed by atoms with E-state index in [1.165, 1.54) is 55.6 Å². The Morgan fingerprint density at radius 3 is 1.18 bits per heavy atom. The molecule has 0 radical (unpaired) electrons. The van der Waals surface area contributed by atoms with Crippen LogP contribution in [0.1, 0.15) is 85.7 Å². The first-order valence-corrected chi connectivity index (χ1v) is 22.9. The molecule has 7 aromatic rings. The molecular weight excluding hydrogens is 797 g/mol. The fourth-order valence-corrected chi connectivity index (χ4v) is 10.9. The molecule has 6 heterocycles. The molecule has 0 spiro atoms. The molecule has 4 aromatic carbocycles. The van der Waals surface area contributed by atoms with E-state index in [0.29, 0.717) is 0 Å². The van der Waals surface area contributed by atoms with E-state index in [2.05, 4.69) is 180 Å². The van der Waals surface area contributed by atoms with Crippen LogP contribution in [0.5, 0.6) is 0 Å². The zero-order valence-corrected chi connectivity index (χ0v) is 38.9. The zero-order chi connectivity index (χ0) is 45.3. The number of aromatic amines is 2. The highest BCUT2D eigenvalue weighted by Crippen LogP contribution is 2.42. The smallest absolute Gasteiger partial charge is 0.241 e. The van der Waals surface area contributed by atoms with E-state index in [9.17, 15) is 4.79 Å². The van der Waals surface area contributed by atoms with Gasteiger partial charge in [0.1, 0.15) is 0 Å². The molecule has 3 aliphatic heterocycles. The number of amides is 1. The summed E-state index contributed by atoms with van der Waals surface area (Å²) >= 11 is 0. The molecule has 10 rings (SSSR count). The minimum Gasteiger partial charge on any atom is -0.354 e. The second-order valence-corrected chi connectivity index (χ2v) is 18.5. The number of aryl methyl sites for hydroxylation is 9. The van der Waals surface area contributed by atoms with E-state index >= 15 is 0 Å². The van der Waals surface area contributed by atoms with Crippen LogP contribution in [0, 0.1) is 62.3 Å². The summed E-state index contributed by atoms with van der Waals surface area (Å²) in [5, 5.41) is 6.46. The number of nitrogens with one attached hydrogen (secondary N) is 4. The molecule has 3 aliphatic rings. The highest BCUT2D eigenvalue weighted by molar-refractivity contribution is 6.02. The summed E-state index contributed by atoms with van der Waals surface area (Å²) in [7, 11) is 0. The molecule has 7 nitrogen and oxygen atoms in total. The largest absolute Gasteiger partial charge is 0.354 e. The molecule has 1 atom stereocenters. The second-order valence-electron chi connectivity index (χ2n) is 18.5. The van der Waals surface area contributed by atoms with E-state index in [1.807, 2.05) is 12.1 Å². The van der Waals surface area contributed by atoms with Gasteiger partial charge in [-0.15, -0.1) is 0 Å². The summed E-state index contributed by atoms with van der Waals surface area (Å²) in [5.41, 5.74) is 27.6. The van der Waals surface area contributed by atoms with Gasteiger partial charge in [-0.2, -0.15) is 0 Å². The van der Waals surface area contributed by atoms with Gasteiger partial charge in [0.2, 0.25) is 5.91 Å². The lowest BCUT2D eigenvalue weighted by molar-refractivity contribution is -0.117. The average molecular weight is 853 g/mol. The van der Waals surface area contributed by atoms with Crippen molar-refractivity contribution < 1.29 is 4.79 Å². The van der Waals surface area contributed by atoms with Gasteiger partial charge in [0, 0.05) is 50.0 Å². The van der Waals surface area contributed by atoms with Crippen LogP contribution in [0.2, 0.25) is 0 Å². The fraction of sp³-hybridized carbons (Fsp3) is 0.224. The number of hydrogen-bond acceptors (Lipinski definition) is 4. The Hall–Kier alpha value is -7.09. The first kappa shape index (κ1) is 41.9. The Morgan fingerprint density at radius 1 is 0.477 bits per heavy atom. The molecule has 1 amide bonds. The number of fused-ring (bicyclic) bond motifs is 8. The van der Waals surface area contributed by atoms with Crippen molar-refractivity contribution in [1.29, 1.82) is 0 Å². The lowest BCUT2D eigenvalue weighted by Crippen LogP contribution is -2.35. The zero-order valence-electron chi connectivity index (χ0n) is 38.9. The van der Waals surface area contributed by atoms with E-state index < -0.39 is 0 Å². The Kier molecular flexibility index (Phi) is 10.6. The summed E-state index contributed by atoms with van der Waals surface area (Å²) in [5.74, 6) is 0.00379. The van der Waals surface area contributed by atoms with Crippen molar-refractivity contribution in [3.8, 4) is 44.5 Å². The molecule has 3 aromatic heterocycles. The van der Waals surface area contributed by atoms with Crippen molar-refractivity contribution in [3.63, 3.8) is 0 Å². The van der Waals surface area contributed by atoms with Crippen molar-refractivity contribution in [2.24, 2.45) is 0 Å². The standard InChI is InChI=1S/C58H56N6O/c1-31-25-34(4)51(35(5)26-31)55-44-18-16-42(61-44)54(40-12-14-41(15-13-40)60-58(65)50-11-10-24-59-50)43-17-19-45(62-43)56(52-36(6)27-32(2)28-37(52)7)47-21-23-49(64-47)57(48-22-20-46(55)63-48)53-38(8)29-33(3)30-39(53)9/h12-23,25-30,50,59,61,64H,10-11,24H2,1-9H3,(H,60,65)/t50-/m0/s1. The van der Waals surface area contributed by atoms with Crippen LogP contribution in [0.3, 0.4) is 0 Å². The van der Waals surface area contributed by atoms with Crippen LogP contribution in [0.4, 0.5) is 5.69 Å². The van der Waals surface area contributed by atoms with Crippen LogP contribution in [-0.4, -0.2) is 38.4 Å². The minimum atomic E-state index is -0.164. The van der Waals surface area contributed by atoms with Crippen molar-refractivity contribution in [3.05, 3.63) is 158 Å². The Labute approximate surface area is 381 Å². The normalized spacial score (nSPS) is 14.4. The monoisotopic (exact) mass is 852 g/mol.